The number of phenolic OH excluding ortho intramolecular Hbond substituents is 1. The Balaban J connectivity index is 1.86. The molecule has 0 unspecified atom stereocenters. The number of amides is 1. The van der Waals surface area contributed by atoms with Gasteiger partial charge in [-0.05, 0) is 42.0 Å². The quantitative estimate of drug-likeness (QED) is 0.160. The van der Waals surface area contributed by atoms with E-state index >= 15 is 0 Å². The molecule has 1 aliphatic heterocycles. The molecule has 1 amide bonds. The second-order valence-electron chi connectivity index (χ2n) is 7.93. The lowest BCUT2D eigenvalue weighted by molar-refractivity contribution is 0.0697. The number of nitrogens with zero attached hydrogens (tertiary/aromatic N) is 1. The molecule has 2 aliphatic rings. The highest BCUT2D eigenvalue weighted by Crippen LogP contribution is 2.42. The lowest BCUT2D eigenvalue weighted by atomic mass is 9.90. The Labute approximate surface area is 199 Å². The van der Waals surface area contributed by atoms with Crippen molar-refractivity contribution in [3.63, 3.8) is 0 Å². The van der Waals surface area contributed by atoms with Crippen LogP contribution in [0, 0.1) is 0 Å². The van der Waals surface area contributed by atoms with Crippen molar-refractivity contribution >= 4 is 22.8 Å². The van der Waals surface area contributed by atoms with Gasteiger partial charge in [0.2, 0.25) is 0 Å². The van der Waals surface area contributed by atoms with Crippen molar-refractivity contribution in [2.75, 3.05) is 13.6 Å². The second-order valence-corrected chi connectivity index (χ2v) is 7.93. The molecule has 0 saturated heterocycles. The third-order valence-electron chi connectivity index (χ3n) is 5.28. The molecule has 0 radical (unpaired) electrons. The highest BCUT2D eigenvalue weighted by molar-refractivity contribution is 6.09. The molecular weight excluding hydrogens is 452 g/mol. The predicted octanol–water partition coefficient (Wildman–Crippen LogP) is 2.30. The van der Waals surface area contributed by atoms with Crippen molar-refractivity contribution in [2.24, 2.45) is 11.6 Å². The summed E-state index contributed by atoms with van der Waals surface area (Å²) >= 11 is 0. The number of carbonyl (C=O) groups excluding carboxylic acids is 1. The van der Waals surface area contributed by atoms with Crippen LogP contribution in [0.15, 0.2) is 75.7 Å². The molecule has 10 heteroatoms. The Morgan fingerprint density at radius 2 is 1.83 bits per heavy atom. The van der Waals surface area contributed by atoms with Crippen molar-refractivity contribution < 1.29 is 24.2 Å². The summed E-state index contributed by atoms with van der Waals surface area (Å²) in [5.41, 5.74) is 7.38. The van der Waals surface area contributed by atoms with Gasteiger partial charge >= 0.3 is 5.97 Å². The number of carboxylic acid groups (broad SMARTS) is 1. The fourth-order valence-electron chi connectivity index (χ4n) is 3.82. The van der Waals surface area contributed by atoms with Crippen LogP contribution in [-0.4, -0.2) is 40.7 Å². The molecule has 10 nitrogen and oxygen atoms in total. The van der Waals surface area contributed by atoms with E-state index in [2.05, 4.69) is 5.32 Å². The standard InChI is InChI=1S/C25H22N4O6/c1-29(27)12-14(26)11-28-24(32)13-2-5-17(20(8-13)25(33)34)23-18-6-3-15(30)9-21(18)35-22-10-16(31)4-7-19(22)23/h2-10,12,30H,11,26-27H2,1H3,(H,28,32)(H,33,34)/b14-12-. The number of nitrogens with two attached hydrogens (primary N) is 2. The summed E-state index contributed by atoms with van der Waals surface area (Å²) in [6, 6.07) is 12.9. The van der Waals surface area contributed by atoms with Gasteiger partial charge in [0.25, 0.3) is 5.91 Å². The van der Waals surface area contributed by atoms with Crippen LogP contribution >= 0.6 is 0 Å². The average molecular weight is 474 g/mol. The van der Waals surface area contributed by atoms with Crippen LogP contribution in [0.3, 0.4) is 0 Å². The van der Waals surface area contributed by atoms with Gasteiger partial charge in [-0.15, -0.1) is 0 Å². The van der Waals surface area contributed by atoms with E-state index < -0.39 is 11.9 Å². The number of carbonyl (C=O) groups is 2. The van der Waals surface area contributed by atoms with Crippen LogP contribution in [0.1, 0.15) is 20.7 Å². The Bertz CT molecular complexity index is 1520. The molecule has 0 spiro atoms. The summed E-state index contributed by atoms with van der Waals surface area (Å²) in [7, 11) is 1.58. The van der Waals surface area contributed by atoms with Gasteiger partial charge in [0.1, 0.15) is 17.1 Å². The minimum absolute atomic E-state index is 0.0149. The summed E-state index contributed by atoms with van der Waals surface area (Å²) in [5, 5.41) is 24.3. The number of hydrazine groups is 1. The summed E-state index contributed by atoms with van der Waals surface area (Å²) in [5.74, 6) is 3.90. The first kappa shape index (κ1) is 23.3. The third-order valence-corrected chi connectivity index (χ3v) is 5.28. The smallest absolute Gasteiger partial charge is 0.336 e. The molecule has 35 heavy (non-hydrogen) atoms. The highest BCUT2D eigenvalue weighted by Gasteiger charge is 2.23. The first-order valence-corrected chi connectivity index (χ1v) is 10.4. The third kappa shape index (κ3) is 4.77. The van der Waals surface area contributed by atoms with Gasteiger partial charge in [-0.3, -0.25) is 9.59 Å². The number of fused-ring (bicyclic) bond motifs is 2. The Morgan fingerprint density at radius 3 is 2.54 bits per heavy atom. The van der Waals surface area contributed by atoms with Crippen molar-refractivity contribution in [3.8, 4) is 28.2 Å². The number of phenols is 1. The molecule has 178 valence electrons. The van der Waals surface area contributed by atoms with Gasteiger partial charge in [0, 0.05) is 53.2 Å². The highest BCUT2D eigenvalue weighted by atomic mass is 16.4. The molecule has 0 fully saturated rings. The molecule has 4 rings (SSSR count). The minimum Gasteiger partial charge on any atom is -0.508 e. The van der Waals surface area contributed by atoms with Crippen LogP contribution in [-0.2, 0) is 0 Å². The monoisotopic (exact) mass is 474 g/mol. The summed E-state index contributed by atoms with van der Waals surface area (Å²) in [6.45, 7) is 0.0149. The van der Waals surface area contributed by atoms with Crippen molar-refractivity contribution in [2.45, 2.75) is 0 Å². The maximum Gasteiger partial charge on any atom is 0.336 e. The van der Waals surface area contributed by atoms with Gasteiger partial charge in [0.05, 0.1) is 12.1 Å². The Kier molecular flexibility index (Phi) is 6.13. The second kappa shape index (κ2) is 9.20. The van der Waals surface area contributed by atoms with E-state index in [1.807, 2.05) is 0 Å². The van der Waals surface area contributed by atoms with Gasteiger partial charge in [-0.1, -0.05) is 6.07 Å². The van der Waals surface area contributed by atoms with Crippen molar-refractivity contribution in [1.29, 1.82) is 0 Å². The molecule has 0 aromatic heterocycles. The van der Waals surface area contributed by atoms with E-state index in [-0.39, 0.29) is 40.2 Å². The topological polar surface area (TPSA) is 172 Å². The number of hydrogen-bond donors (Lipinski definition) is 5. The van der Waals surface area contributed by atoms with Crippen LogP contribution in [0.25, 0.3) is 33.4 Å². The van der Waals surface area contributed by atoms with E-state index in [9.17, 15) is 24.6 Å². The Hall–Kier alpha value is -4.83. The molecule has 2 aromatic rings. The maximum atomic E-state index is 12.6. The van der Waals surface area contributed by atoms with E-state index in [0.29, 0.717) is 27.8 Å². The SMILES string of the molecule is CN(N)/C=C(\N)CNC(=O)c1ccc(-c2c3ccc(=O)cc-3oc3cc(O)ccc23)c(C(=O)O)c1. The number of aromatic carboxylic acids is 1. The lowest BCUT2D eigenvalue weighted by Gasteiger charge is -2.17. The van der Waals surface area contributed by atoms with Gasteiger partial charge in [-0.25, -0.2) is 10.6 Å². The zero-order valence-electron chi connectivity index (χ0n) is 18.6. The summed E-state index contributed by atoms with van der Waals surface area (Å²) < 4.78 is 5.81. The Morgan fingerprint density at radius 1 is 1.09 bits per heavy atom. The average Bonchev–Trinajstić information content (AvgIpc) is 2.80. The molecule has 0 bridgehead atoms. The number of benzene rings is 3. The van der Waals surface area contributed by atoms with Crippen molar-refractivity contribution in [1.82, 2.24) is 10.3 Å². The normalized spacial score (nSPS) is 11.5. The van der Waals surface area contributed by atoms with Gasteiger partial charge in [0.15, 0.2) is 5.43 Å². The van der Waals surface area contributed by atoms with Gasteiger partial charge in [-0.2, -0.15) is 0 Å². The fourth-order valence-corrected chi connectivity index (χ4v) is 3.82. The van der Waals surface area contributed by atoms with E-state index in [0.717, 1.165) is 0 Å². The van der Waals surface area contributed by atoms with Crippen LogP contribution < -0.4 is 22.3 Å². The molecule has 0 saturated carbocycles. The molecule has 2 aromatic carbocycles. The molecule has 1 aliphatic carbocycles. The number of nitrogens with one attached hydrogen (secondary N) is 1. The largest absolute Gasteiger partial charge is 0.508 e. The molecular formula is C25H22N4O6. The summed E-state index contributed by atoms with van der Waals surface area (Å²) in [6.07, 6.45) is 1.44. The van der Waals surface area contributed by atoms with Crippen molar-refractivity contribution in [3.05, 3.63) is 87.8 Å². The van der Waals surface area contributed by atoms with E-state index in [1.54, 1.807) is 19.2 Å². The zero-order chi connectivity index (χ0) is 25.3. The first-order valence-electron chi connectivity index (χ1n) is 10.4. The minimum atomic E-state index is -1.25. The van der Waals surface area contributed by atoms with E-state index in [4.69, 9.17) is 16.0 Å². The van der Waals surface area contributed by atoms with Crippen LogP contribution in [0.2, 0.25) is 0 Å². The molecule has 0 atom stereocenters. The zero-order valence-corrected chi connectivity index (χ0v) is 18.6. The maximum absolute atomic E-state index is 12.6. The predicted molar refractivity (Wildman–Crippen MR) is 130 cm³/mol. The lowest BCUT2D eigenvalue weighted by Crippen LogP contribution is -2.30. The number of carboxylic acids is 1. The summed E-state index contributed by atoms with van der Waals surface area (Å²) in [4.78, 5) is 36.8. The molecule has 7 N–H and O–H groups in total. The number of hydrogen-bond acceptors (Lipinski definition) is 8. The van der Waals surface area contributed by atoms with E-state index in [1.165, 1.54) is 53.7 Å². The molecule has 1 heterocycles. The first-order chi connectivity index (χ1) is 16.6. The number of aromatic hydroxyl groups is 1. The fraction of sp³-hybridized carbons (Fsp3) is 0.0800. The van der Waals surface area contributed by atoms with Crippen LogP contribution in [0.4, 0.5) is 0 Å². The van der Waals surface area contributed by atoms with Gasteiger partial charge < -0.3 is 30.7 Å². The number of rotatable bonds is 6. The van der Waals surface area contributed by atoms with Crippen LogP contribution in [0.5, 0.6) is 5.75 Å².